The van der Waals surface area contributed by atoms with Gasteiger partial charge in [-0.15, -0.1) is 0 Å². The first-order chi connectivity index (χ1) is 10.5. The topological polar surface area (TPSA) is 73.9 Å². The summed E-state index contributed by atoms with van der Waals surface area (Å²) in [5, 5.41) is 2.68. The van der Waals surface area contributed by atoms with Gasteiger partial charge in [0.2, 0.25) is 6.10 Å². The van der Waals surface area contributed by atoms with Gasteiger partial charge in [0.1, 0.15) is 12.6 Å². The molecule has 6 heteroatoms. The van der Waals surface area contributed by atoms with E-state index >= 15 is 0 Å². The lowest BCUT2D eigenvalue weighted by Gasteiger charge is -2.27. The molecule has 2 atom stereocenters. The Kier molecular flexibility index (Phi) is 5.25. The lowest BCUT2D eigenvalue weighted by molar-refractivity contribution is -0.147. The highest BCUT2D eigenvalue weighted by atomic mass is 16.6. The highest BCUT2D eigenvalue weighted by Crippen LogP contribution is 2.30. The van der Waals surface area contributed by atoms with Crippen molar-refractivity contribution in [3.63, 3.8) is 0 Å². The summed E-state index contributed by atoms with van der Waals surface area (Å²) in [6, 6.07) is 6.47. The number of para-hydroxylation sites is 2. The molecule has 1 aromatic rings. The first-order valence-electron chi connectivity index (χ1n) is 7.28. The van der Waals surface area contributed by atoms with Crippen LogP contribution >= 0.6 is 0 Å². The number of hydrogen-bond acceptors (Lipinski definition) is 5. The predicted octanol–water partition coefficient (Wildman–Crippen LogP) is 1.53. The summed E-state index contributed by atoms with van der Waals surface area (Å²) in [4.78, 5) is 24.1. The van der Waals surface area contributed by atoms with Crippen LogP contribution in [-0.2, 0) is 14.3 Å². The van der Waals surface area contributed by atoms with Gasteiger partial charge in [-0.3, -0.25) is 4.79 Å². The molecule has 0 fully saturated rings. The fourth-order valence-electron chi connectivity index (χ4n) is 2.24. The molecule has 120 valence electrons. The van der Waals surface area contributed by atoms with Crippen LogP contribution in [0.15, 0.2) is 24.3 Å². The van der Waals surface area contributed by atoms with Gasteiger partial charge in [0.05, 0.1) is 7.11 Å². The minimum atomic E-state index is -0.783. The normalized spacial score (nSPS) is 17.7. The molecule has 0 spiro atoms. The van der Waals surface area contributed by atoms with Crippen LogP contribution in [0.4, 0.5) is 0 Å². The van der Waals surface area contributed by atoms with E-state index in [4.69, 9.17) is 14.2 Å². The van der Waals surface area contributed by atoms with Gasteiger partial charge in [-0.2, -0.15) is 0 Å². The number of hydrogen-bond donors (Lipinski definition) is 1. The molecule has 0 saturated carbocycles. The third kappa shape index (κ3) is 3.90. The standard InChI is InChI=1S/C16H21NO5/c1-10(2)8-11(16(19)20-3)17-15(18)14-9-21-12-6-4-5-7-13(12)22-14/h4-7,10-11,14H,8-9H2,1-3H3,(H,17,18)/t11-,14+/m0/s1. The van der Waals surface area contributed by atoms with Gasteiger partial charge >= 0.3 is 5.97 Å². The molecule has 1 aromatic carbocycles. The van der Waals surface area contributed by atoms with Crippen LogP contribution in [0.1, 0.15) is 20.3 Å². The third-order valence-corrected chi connectivity index (χ3v) is 3.31. The number of benzene rings is 1. The molecule has 0 bridgehead atoms. The van der Waals surface area contributed by atoms with E-state index in [1.165, 1.54) is 7.11 Å². The summed E-state index contributed by atoms with van der Waals surface area (Å²) < 4.78 is 15.9. The second-order valence-electron chi connectivity index (χ2n) is 5.58. The highest BCUT2D eigenvalue weighted by molar-refractivity contribution is 5.87. The SMILES string of the molecule is COC(=O)[C@H](CC(C)C)NC(=O)[C@H]1COc2ccccc2O1. The molecule has 1 heterocycles. The fraction of sp³-hybridized carbons (Fsp3) is 0.500. The number of rotatable bonds is 5. The van der Waals surface area contributed by atoms with Crippen LogP contribution in [0.25, 0.3) is 0 Å². The van der Waals surface area contributed by atoms with Gasteiger partial charge in [-0.1, -0.05) is 26.0 Å². The van der Waals surface area contributed by atoms with Crippen molar-refractivity contribution in [2.24, 2.45) is 5.92 Å². The summed E-state index contributed by atoms with van der Waals surface area (Å²) in [6.45, 7) is 4.05. The molecule has 6 nitrogen and oxygen atoms in total. The van der Waals surface area contributed by atoms with Gasteiger partial charge in [-0.05, 0) is 24.5 Å². The molecule has 0 aromatic heterocycles. The first kappa shape index (κ1) is 16.1. The number of amides is 1. The largest absolute Gasteiger partial charge is 0.485 e. The maximum absolute atomic E-state index is 12.3. The van der Waals surface area contributed by atoms with E-state index in [0.717, 1.165) is 0 Å². The van der Waals surface area contributed by atoms with E-state index in [-0.39, 0.29) is 18.4 Å². The zero-order valence-corrected chi connectivity index (χ0v) is 13.0. The van der Waals surface area contributed by atoms with Gasteiger partial charge in [0.25, 0.3) is 5.91 Å². The summed E-state index contributed by atoms with van der Waals surface area (Å²) in [5.41, 5.74) is 0. The minimum Gasteiger partial charge on any atom is -0.485 e. The summed E-state index contributed by atoms with van der Waals surface area (Å²) in [7, 11) is 1.30. The molecule has 0 saturated heterocycles. The van der Waals surface area contributed by atoms with Crippen molar-refractivity contribution in [2.75, 3.05) is 13.7 Å². The van der Waals surface area contributed by atoms with E-state index in [9.17, 15) is 9.59 Å². The fourth-order valence-corrected chi connectivity index (χ4v) is 2.24. The summed E-state index contributed by atoms with van der Waals surface area (Å²) in [5.74, 6) is 0.531. The van der Waals surface area contributed by atoms with Crippen molar-refractivity contribution in [1.82, 2.24) is 5.32 Å². The van der Waals surface area contributed by atoms with Gasteiger partial charge in [-0.25, -0.2) is 4.79 Å². The average molecular weight is 307 g/mol. The molecule has 0 radical (unpaired) electrons. The highest BCUT2D eigenvalue weighted by Gasteiger charge is 2.31. The van der Waals surface area contributed by atoms with Crippen molar-refractivity contribution in [2.45, 2.75) is 32.4 Å². The van der Waals surface area contributed by atoms with Crippen molar-refractivity contribution in [1.29, 1.82) is 0 Å². The molecular weight excluding hydrogens is 286 g/mol. The van der Waals surface area contributed by atoms with E-state index < -0.39 is 18.1 Å². The Morgan fingerprint density at radius 3 is 2.64 bits per heavy atom. The number of carbonyl (C=O) groups is 2. The lowest BCUT2D eigenvalue weighted by Crippen LogP contribution is -2.50. The summed E-state index contributed by atoms with van der Waals surface area (Å²) >= 11 is 0. The van der Waals surface area contributed by atoms with Crippen molar-refractivity contribution < 1.29 is 23.8 Å². The second-order valence-corrected chi connectivity index (χ2v) is 5.58. The molecule has 0 aliphatic carbocycles. The molecule has 1 aliphatic heterocycles. The van der Waals surface area contributed by atoms with Crippen molar-refractivity contribution in [3.8, 4) is 11.5 Å². The number of carbonyl (C=O) groups excluding carboxylic acids is 2. The number of fused-ring (bicyclic) bond motifs is 1. The number of esters is 1. The smallest absolute Gasteiger partial charge is 0.328 e. The van der Waals surface area contributed by atoms with Crippen LogP contribution in [-0.4, -0.2) is 37.7 Å². The van der Waals surface area contributed by atoms with E-state index in [0.29, 0.717) is 17.9 Å². The minimum absolute atomic E-state index is 0.110. The Hall–Kier alpha value is -2.24. The maximum Gasteiger partial charge on any atom is 0.328 e. The van der Waals surface area contributed by atoms with Crippen molar-refractivity contribution >= 4 is 11.9 Å². The molecule has 22 heavy (non-hydrogen) atoms. The number of nitrogens with one attached hydrogen (secondary N) is 1. The van der Waals surface area contributed by atoms with Crippen LogP contribution in [0.3, 0.4) is 0 Å². The first-order valence-corrected chi connectivity index (χ1v) is 7.28. The zero-order chi connectivity index (χ0) is 16.1. The number of methoxy groups -OCH3 is 1. The Balaban J connectivity index is 2.00. The van der Waals surface area contributed by atoms with E-state index in [1.54, 1.807) is 18.2 Å². The van der Waals surface area contributed by atoms with Crippen LogP contribution in [0, 0.1) is 5.92 Å². The molecule has 0 unspecified atom stereocenters. The molecule has 2 rings (SSSR count). The number of ether oxygens (including phenoxy) is 3. The van der Waals surface area contributed by atoms with Gasteiger partial charge in [0.15, 0.2) is 11.5 Å². The Morgan fingerprint density at radius 2 is 2.00 bits per heavy atom. The van der Waals surface area contributed by atoms with E-state index in [1.807, 2.05) is 19.9 Å². The molecule has 1 amide bonds. The van der Waals surface area contributed by atoms with Crippen LogP contribution in [0.5, 0.6) is 11.5 Å². The average Bonchev–Trinajstić information content (AvgIpc) is 2.52. The Labute approximate surface area is 129 Å². The Morgan fingerprint density at radius 1 is 1.32 bits per heavy atom. The van der Waals surface area contributed by atoms with Gasteiger partial charge < -0.3 is 19.5 Å². The van der Waals surface area contributed by atoms with E-state index in [2.05, 4.69) is 5.32 Å². The van der Waals surface area contributed by atoms with Crippen LogP contribution < -0.4 is 14.8 Å². The zero-order valence-electron chi connectivity index (χ0n) is 13.0. The molecular formula is C16H21NO5. The predicted molar refractivity (Wildman–Crippen MR) is 79.8 cm³/mol. The molecule has 1 N–H and O–H groups in total. The quantitative estimate of drug-likeness (QED) is 0.835. The maximum atomic E-state index is 12.3. The lowest BCUT2D eigenvalue weighted by atomic mass is 10.0. The summed E-state index contributed by atoms with van der Waals surface area (Å²) in [6.07, 6.45) is -0.281. The van der Waals surface area contributed by atoms with Crippen molar-refractivity contribution in [3.05, 3.63) is 24.3 Å². The van der Waals surface area contributed by atoms with Crippen LogP contribution in [0.2, 0.25) is 0 Å². The van der Waals surface area contributed by atoms with Gasteiger partial charge in [0, 0.05) is 0 Å². The Bertz CT molecular complexity index is 543. The third-order valence-electron chi connectivity index (χ3n) is 3.31. The molecule has 1 aliphatic rings. The monoisotopic (exact) mass is 307 g/mol. The second kappa shape index (κ2) is 7.15.